The van der Waals surface area contributed by atoms with Crippen LogP contribution >= 0.6 is 23.1 Å². The molecule has 3 nitrogen and oxygen atoms in total. The molecule has 0 spiro atoms. The fraction of sp³-hybridized carbons (Fsp3) is 0.250. The molecule has 13 heavy (non-hydrogen) atoms. The Morgan fingerprint density at radius 2 is 2.46 bits per heavy atom. The van der Waals surface area contributed by atoms with Crippen LogP contribution in [0, 0.1) is 0 Å². The molecule has 0 aliphatic carbocycles. The lowest BCUT2D eigenvalue weighted by atomic mass is 10.3. The van der Waals surface area contributed by atoms with E-state index >= 15 is 0 Å². The van der Waals surface area contributed by atoms with Crippen LogP contribution in [0.4, 0.5) is 0 Å². The van der Waals surface area contributed by atoms with Crippen molar-refractivity contribution in [2.45, 2.75) is 12.1 Å². The SMILES string of the molecule is CSc1nc2c(C(C)=O)scc2[nH]1. The summed E-state index contributed by atoms with van der Waals surface area (Å²) in [4.78, 5) is 19.3. The first-order valence-corrected chi connectivity index (χ1v) is 5.85. The van der Waals surface area contributed by atoms with E-state index in [0.29, 0.717) is 0 Å². The number of carbonyl (C=O) groups excluding carboxylic acids is 1. The minimum absolute atomic E-state index is 0.0825. The summed E-state index contributed by atoms with van der Waals surface area (Å²) in [5.41, 5.74) is 1.77. The lowest BCUT2D eigenvalue weighted by Crippen LogP contribution is -1.86. The summed E-state index contributed by atoms with van der Waals surface area (Å²) < 4.78 is 0. The van der Waals surface area contributed by atoms with Crippen LogP contribution in [0.25, 0.3) is 11.0 Å². The molecule has 0 aromatic carbocycles. The summed E-state index contributed by atoms with van der Waals surface area (Å²) in [6.07, 6.45) is 1.95. The summed E-state index contributed by atoms with van der Waals surface area (Å²) >= 11 is 2.99. The molecule has 2 heterocycles. The van der Waals surface area contributed by atoms with E-state index in [1.807, 2.05) is 11.6 Å². The Morgan fingerprint density at radius 3 is 3.08 bits per heavy atom. The van der Waals surface area contributed by atoms with Gasteiger partial charge < -0.3 is 4.98 Å². The van der Waals surface area contributed by atoms with E-state index in [4.69, 9.17) is 0 Å². The van der Waals surface area contributed by atoms with Crippen LogP contribution in [-0.4, -0.2) is 22.0 Å². The van der Waals surface area contributed by atoms with Crippen LogP contribution in [0.3, 0.4) is 0 Å². The summed E-state index contributed by atoms with van der Waals surface area (Å²) in [6.45, 7) is 1.57. The van der Waals surface area contributed by atoms with Crippen molar-refractivity contribution in [1.82, 2.24) is 9.97 Å². The zero-order valence-corrected chi connectivity index (χ0v) is 8.88. The monoisotopic (exact) mass is 212 g/mol. The number of hydrogen-bond acceptors (Lipinski definition) is 4. The fourth-order valence-electron chi connectivity index (χ4n) is 1.14. The van der Waals surface area contributed by atoms with Crippen molar-refractivity contribution in [1.29, 1.82) is 0 Å². The number of nitrogens with one attached hydrogen (secondary N) is 1. The predicted octanol–water partition coefficient (Wildman–Crippen LogP) is 2.55. The quantitative estimate of drug-likeness (QED) is 0.614. The highest BCUT2D eigenvalue weighted by Crippen LogP contribution is 2.26. The van der Waals surface area contributed by atoms with E-state index in [2.05, 4.69) is 9.97 Å². The molecule has 2 rings (SSSR count). The van der Waals surface area contributed by atoms with Crippen molar-refractivity contribution in [3.8, 4) is 0 Å². The second kappa shape index (κ2) is 3.16. The van der Waals surface area contributed by atoms with Crippen LogP contribution in [0.1, 0.15) is 16.6 Å². The number of thioether (sulfide) groups is 1. The fourth-order valence-corrected chi connectivity index (χ4v) is 2.38. The Hall–Kier alpha value is -0.810. The van der Waals surface area contributed by atoms with E-state index in [0.717, 1.165) is 21.1 Å². The first kappa shape index (κ1) is 8.77. The van der Waals surface area contributed by atoms with Crippen molar-refractivity contribution >= 4 is 39.9 Å². The summed E-state index contributed by atoms with van der Waals surface area (Å²) in [7, 11) is 0. The lowest BCUT2D eigenvalue weighted by molar-refractivity contribution is 0.102. The first-order valence-electron chi connectivity index (χ1n) is 3.74. The molecule has 5 heteroatoms. The van der Waals surface area contributed by atoms with E-state index in [-0.39, 0.29) is 5.78 Å². The molecular formula is C8H8N2OS2. The van der Waals surface area contributed by atoms with Gasteiger partial charge in [0.15, 0.2) is 10.9 Å². The molecule has 0 saturated heterocycles. The number of Topliss-reactive ketones (excluding diaryl/α,β-unsaturated/α-hetero) is 1. The van der Waals surface area contributed by atoms with Crippen molar-refractivity contribution in [2.24, 2.45) is 0 Å². The van der Waals surface area contributed by atoms with Crippen molar-refractivity contribution in [3.63, 3.8) is 0 Å². The second-order valence-electron chi connectivity index (χ2n) is 2.63. The Balaban J connectivity index is 2.65. The standard InChI is InChI=1S/C8H8N2OS2/c1-4(11)7-6-5(3-13-7)9-8(10-6)12-2/h3H,1-2H3,(H,9,10). The van der Waals surface area contributed by atoms with Crippen LogP contribution in [0.15, 0.2) is 10.5 Å². The summed E-state index contributed by atoms with van der Waals surface area (Å²) in [6, 6.07) is 0. The third kappa shape index (κ3) is 1.38. The number of rotatable bonds is 2. The minimum atomic E-state index is 0.0825. The maximum atomic E-state index is 11.2. The van der Waals surface area contributed by atoms with Gasteiger partial charge in [-0.25, -0.2) is 4.98 Å². The van der Waals surface area contributed by atoms with E-state index in [1.54, 1.807) is 18.7 Å². The lowest BCUT2D eigenvalue weighted by Gasteiger charge is -1.85. The van der Waals surface area contributed by atoms with Gasteiger partial charge in [0, 0.05) is 12.3 Å². The molecule has 0 aliphatic heterocycles. The molecule has 0 saturated carbocycles. The van der Waals surface area contributed by atoms with Gasteiger partial charge >= 0.3 is 0 Å². The molecule has 0 atom stereocenters. The Labute approximate surface area is 83.6 Å². The van der Waals surface area contributed by atoms with Gasteiger partial charge in [-0.05, 0) is 6.26 Å². The Bertz CT molecular complexity index is 458. The summed E-state index contributed by atoms with van der Waals surface area (Å²) in [5, 5.41) is 2.79. The molecule has 0 radical (unpaired) electrons. The third-order valence-corrected chi connectivity index (χ3v) is 3.38. The van der Waals surface area contributed by atoms with Gasteiger partial charge in [-0.2, -0.15) is 0 Å². The van der Waals surface area contributed by atoms with Gasteiger partial charge in [-0.1, -0.05) is 11.8 Å². The van der Waals surface area contributed by atoms with E-state index < -0.39 is 0 Å². The molecular weight excluding hydrogens is 204 g/mol. The molecule has 2 aromatic rings. The maximum Gasteiger partial charge on any atom is 0.171 e. The predicted molar refractivity (Wildman–Crippen MR) is 55.8 cm³/mol. The number of ketones is 1. The average Bonchev–Trinajstić information content (AvgIpc) is 2.59. The Kier molecular flexibility index (Phi) is 2.13. The minimum Gasteiger partial charge on any atom is -0.332 e. The number of carbonyl (C=O) groups is 1. The normalized spacial score (nSPS) is 10.9. The number of hydrogen-bond donors (Lipinski definition) is 1. The summed E-state index contributed by atoms with van der Waals surface area (Å²) in [5.74, 6) is 0.0825. The molecule has 0 amide bonds. The number of nitrogens with zero attached hydrogens (tertiary/aromatic N) is 1. The van der Waals surface area contributed by atoms with Gasteiger partial charge in [0.05, 0.1) is 10.4 Å². The first-order chi connectivity index (χ1) is 6.22. The van der Waals surface area contributed by atoms with Gasteiger partial charge in [-0.15, -0.1) is 11.3 Å². The molecule has 0 aliphatic rings. The van der Waals surface area contributed by atoms with Crippen molar-refractivity contribution in [3.05, 3.63) is 10.3 Å². The topological polar surface area (TPSA) is 45.8 Å². The third-order valence-electron chi connectivity index (χ3n) is 1.73. The van der Waals surface area contributed by atoms with Gasteiger partial charge in [0.25, 0.3) is 0 Å². The highest BCUT2D eigenvalue weighted by molar-refractivity contribution is 7.98. The smallest absolute Gasteiger partial charge is 0.171 e. The number of H-pyrrole nitrogens is 1. The van der Waals surface area contributed by atoms with E-state index in [9.17, 15) is 4.79 Å². The van der Waals surface area contributed by atoms with Crippen LogP contribution in [-0.2, 0) is 0 Å². The zero-order valence-electron chi connectivity index (χ0n) is 7.25. The number of imidazole rings is 1. The van der Waals surface area contributed by atoms with Gasteiger partial charge in [0.2, 0.25) is 0 Å². The van der Waals surface area contributed by atoms with Crippen molar-refractivity contribution < 1.29 is 4.79 Å². The van der Waals surface area contributed by atoms with Gasteiger partial charge in [-0.3, -0.25) is 4.79 Å². The van der Waals surface area contributed by atoms with Crippen LogP contribution in [0.5, 0.6) is 0 Å². The highest BCUT2D eigenvalue weighted by Gasteiger charge is 2.12. The largest absolute Gasteiger partial charge is 0.332 e. The number of aromatic nitrogens is 2. The van der Waals surface area contributed by atoms with E-state index in [1.165, 1.54) is 11.3 Å². The van der Waals surface area contributed by atoms with Crippen LogP contribution in [0.2, 0.25) is 0 Å². The molecule has 0 bridgehead atoms. The zero-order chi connectivity index (χ0) is 9.42. The molecule has 68 valence electrons. The van der Waals surface area contributed by atoms with Crippen molar-refractivity contribution in [2.75, 3.05) is 6.26 Å². The molecule has 0 unspecified atom stereocenters. The Morgan fingerprint density at radius 1 is 1.69 bits per heavy atom. The number of aromatic amines is 1. The maximum absolute atomic E-state index is 11.2. The average molecular weight is 212 g/mol. The molecule has 0 fully saturated rings. The van der Waals surface area contributed by atoms with Gasteiger partial charge in [0.1, 0.15) is 5.52 Å². The molecule has 2 aromatic heterocycles. The number of thiophene rings is 1. The highest BCUT2D eigenvalue weighted by atomic mass is 32.2. The van der Waals surface area contributed by atoms with Crippen LogP contribution < -0.4 is 0 Å². The second-order valence-corrected chi connectivity index (χ2v) is 4.30. The molecule has 1 N–H and O–H groups in total. The number of fused-ring (bicyclic) bond motifs is 1.